The largest absolute Gasteiger partial charge is 0.368 e. The van der Waals surface area contributed by atoms with Crippen LogP contribution in [0, 0.1) is 0 Å². The number of amides is 1. The van der Waals surface area contributed by atoms with Gasteiger partial charge in [-0.2, -0.15) is 0 Å². The molecule has 2 aromatic heterocycles. The van der Waals surface area contributed by atoms with E-state index in [0.29, 0.717) is 24.5 Å². The first-order valence-electron chi connectivity index (χ1n) is 9.56. The SMILES string of the molecule is O=C(c1nccnc1-c1nc2ccccc2s1)N1CCN(c2ccccc2)CC1. The zero-order valence-electron chi connectivity index (χ0n) is 15.7. The third-order valence-electron chi connectivity index (χ3n) is 5.09. The van der Waals surface area contributed by atoms with E-state index in [2.05, 4.69) is 32.0 Å². The lowest BCUT2D eigenvalue weighted by Gasteiger charge is -2.36. The van der Waals surface area contributed by atoms with Gasteiger partial charge in [0.05, 0.1) is 10.2 Å². The summed E-state index contributed by atoms with van der Waals surface area (Å²) < 4.78 is 1.07. The number of para-hydroxylation sites is 2. The Kier molecular flexibility index (Phi) is 4.65. The van der Waals surface area contributed by atoms with E-state index >= 15 is 0 Å². The van der Waals surface area contributed by atoms with Gasteiger partial charge in [0, 0.05) is 44.3 Å². The molecule has 3 heterocycles. The Hall–Kier alpha value is -3.32. The second-order valence-corrected chi connectivity index (χ2v) is 7.89. The van der Waals surface area contributed by atoms with E-state index in [0.717, 1.165) is 28.3 Å². The van der Waals surface area contributed by atoms with Crippen molar-refractivity contribution in [3.63, 3.8) is 0 Å². The topological polar surface area (TPSA) is 62.2 Å². The van der Waals surface area contributed by atoms with Crippen molar-refractivity contribution in [2.45, 2.75) is 0 Å². The number of aromatic nitrogens is 3. The van der Waals surface area contributed by atoms with Gasteiger partial charge < -0.3 is 9.80 Å². The number of hydrogen-bond acceptors (Lipinski definition) is 6. The van der Waals surface area contributed by atoms with E-state index in [1.54, 1.807) is 12.4 Å². The maximum absolute atomic E-state index is 13.2. The standard InChI is InChI=1S/C22H19N5OS/c28-22(27-14-12-26(13-15-27)16-6-2-1-3-7-16)20-19(23-10-11-24-20)21-25-17-8-4-5-9-18(17)29-21/h1-11H,12-15H2. The highest BCUT2D eigenvalue weighted by atomic mass is 32.1. The molecule has 0 N–H and O–H groups in total. The molecule has 0 atom stereocenters. The number of benzene rings is 2. The van der Waals surface area contributed by atoms with Gasteiger partial charge in [0.15, 0.2) is 5.69 Å². The first-order valence-corrected chi connectivity index (χ1v) is 10.4. The summed E-state index contributed by atoms with van der Waals surface area (Å²) in [6.45, 7) is 2.91. The molecule has 1 saturated heterocycles. The van der Waals surface area contributed by atoms with Crippen molar-refractivity contribution >= 4 is 33.1 Å². The summed E-state index contributed by atoms with van der Waals surface area (Å²) in [4.78, 5) is 30.9. The maximum atomic E-state index is 13.2. The third kappa shape index (κ3) is 3.45. The molecule has 7 heteroatoms. The molecule has 1 fully saturated rings. The smallest absolute Gasteiger partial charge is 0.274 e. The molecule has 29 heavy (non-hydrogen) atoms. The van der Waals surface area contributed by atoms with Crippen molar-refractivity contribution in [2.75, 3.05) is 31.1 Å². The van der Waals surface area contributed by atoms with E-state index in [4.69, 9.17) is 0 Å². The summed E-state index contributed by atoms with van der Waals surface area (Å²) in [6, 6.07) is 18.2. The number of carbonyl (C=O) groups is 1. The predicted octanol–water partition coefficient (Wildman–Crippen LogP) is 3.72. The summed E-state index contributed by atoms with van der Waals surface area (Å²) in [5, 5.41) is 0.727. The van der Waals surface area contributed by atoms with Crippen molar-refractivity contribution in [1.29, 1.82) is 0 Å². The predicted molar refractivity (Wildman–Crippen MR) is 115 cm³/mol. The fraction of sp³-hybridized carbons (Fsp3) is 0.182. The number of anilines is 1. The van der Waals surface area contributed by atoms with E-state index in [9.17, 15) is 4.79 Å². The monoisotopic (exact) mass is 401 g/mol. The highest BCUT2D eigenvalue weighted by Crippen LogP contribution is 2.30. The van der Waals surface area contributed by atoms with Crippen molar-refractivity contribution in [1.82, 2.24) is 19.9 Å². The van der Waals surface area contributed by atoms with Crippen LogP contribution in [0.1, 0.15) is 10.5 Å². The molecule has 0 aliphatic carbocycles. The Labute approximate surface area is 172 Å². The zero-order valence-corrected chi connectivity index (χ0v) is 16.5. The molecular weight excluding hydrogens is 382 g/mol. The van der Waals surface area contributed by atoms with Crippen LogP contribution in [0.15, 0.2) is 67.0 Å². The number of carbonyl (C=O) groups excluding carboxylic acids is 1. The number of nitrogens with zero attached hydrogens (tertiary/aromatic N) is 5. The first kappa shape index (κ1) is 17.8. The van der Waals surface area contributed by atoms with Gasteiger partial charge in [-0.3, -0.25) is 4.79 Å². The zero-order chi connectivity index (χ0) is 19.6. The molecule has 1 aliphatic heterocycles. The fourth-order valence-corrected chi connectivity index (χ4v) is 4.54. The van der Waals surface area contributed by atoms with Gasteiger partial charge in [0.25, 0.3) is 5.91 Å². The van der Waals surface area contributed by atoms with Crippen molar-refractivity contribution in [3.8, 4) is 10.7 Å². The van der Waals surface area contributed by atoms with E-state index in [-0.39, 0.29) is 5.91 Å². The molecule has 1 amide bonds. The minimum absolute atomic E-state index is 0.0833. The van der Waals surface area contributed by atoms with Crippen molar-refractivity contribution in [2.24, 2.45) is 0 Å². The van der Waals surface area contributed by atoms with Gasteiger partial charge in [-0.15, -0.1) is 11.3 Å². The number of rotatable bonds is 3. The Bertz CT molecular complexity index is 1120. The summed E-state index contributed by atoms with van der Waals surface area (Å²) in [6.07, 6.45) is 3.19. The van der Waals surface area contributed by atoms with Crippen LogP contribution in [0.25, 0.3) is 20.9 Å². The summed E-state index contributed by atoms with van der Waals surface area (Å²) in [7, 11) is 0. The molecule has 0 radical (unpaired) electrons. The molecule has 144 valence electrons. The highest BCUT2D eigenvalue weighted by Gasteiger charge is 2.26. The van der Waals surface area contributed by atoms with Crippen LogP contribution in [-0.2, 0) is 0 Å². The molecule has 0 saturated carbocycles. The lowest BCUT2D eigenvalue weighted by molar-refractivity contribution is 0.0741. The van der Waals surface area contributed by atoms with Crippen LogP contribution >= 0.6 is 11.3 Å². The second-order valence-electron chi connectivity index (χ2n) is 6.86. The minimum Gasteiger partial charge on any atom is -0.368 e. The first-order chi connectivity index (χ1) is 14.3. The quantitative estimate of drug-likeness (QED) is 0.524. The molecule has 0 unspecified atom stereocenters. The molecule has 1 aliphatic rings. The van der Waals surface area contributed by atoms with Gasteiger partial charge in [-0.25, -0.2) is 15.0 Å². The number of piperazine rings is 1. The Morgan fingerprint density at radius 3 is 2.38 bits per heavy atom. The van der Waals surface area contributed by atoms with Gasteiger partial charge in [-0.1, -0.05) is 30.3 Å². The molecule has 6 nitrogen and oxygen atoms in total. The lowest BCUT2D eigenvalue weighted by atomic mass is 10.2. The fourth-order valence-electron chi connectivity index (χ4n) is 3.58. The molecule has 2 aromatic carbocycles. The van der Waals surface area contributed by atoms with Gasteiger partial charge in [0.2, 0.25) is 0 Å². The normalized spacial score (nSPS) is 14.3. The molecule has 4 aromatic rings. The van der Waals surface area contributed by atoms with Gasteiger partial charge in [0.1, 0.15) is 10.7 Å². The van der Waals surface area contributed by atoms with Crippen LogP contribution in [-0.4, -0.2) is 51.9 Å². The number of hydrogen-bond donors (Lipinski definition) is 0. The van der Waals surface area contributed by atoms with Crippen LogP contribution in [0.3, 0.4) is 0 Å². The van der Waals surface area contributed by atoms with Crippen LogP contribution < -0.4 is 4.90 Å². The van der Waals surface area contributed by atoms with E-state index in [1.807, 2.05) is 47.4 Å². The van der Waals surface area contributed by atoms with Gasteiger partial charge >= 0.3 is 0 Å². The molecular formula is C22H19N5OS. The lowest BCUT2D eigenvalue weighted by Crippen LogP contribution is -2.49. The Morgan fingerprint density at radius 1 is 0.862 bits per heavy atom. The summed E-state index contributed by atoms with van der Waals surface area (Å²) >= 11 is 1.53. The van der Waals surface area contributed by atoms with Crippen LogP contribution in [0.4, 0.5) is 5.69 Å². The Morgan fingerprint density at radius 2 is 1.59 bits per heavy atom. The second kappa shape index (κ2) is 7.60. The van der Waals surface area contributed by atoms with Crippen molar-refractivity contribution in [3.05, 3.63) is 72.7 Å². The Balaban J connectivity index is 1.38. The molecule has 0 bridgehead atoms. The van der Waals surface area contributed by atoms with Crippen LogP contribution in [0.2, 0.25) is 0 Å². The average Bonchev–Trinajstić information content (AvgIpc) is 3.23. The number of fused-ring (bicyclic) bond motifs is 1. The summed E-state index contributed by atoms with van der Waals surface area (Å²) in [5.74, 6) is -0.0833. The highest BCUT2D eigenvalue weighted by molar-refractivity contribution is 7.21. The van der Waals surface area contributed by atoms with Crippen LogP contribution in [0.5, 0.6) is 0 Å². The minimum atomic E-state index is -0.0833. The van der Waals surface area contributed by atoms with E-state index in [1.165, 1.54) is 17.0 Å². The molecule has 0 spiro atoms. The van der Waals surface area contributed by atoms with Gasteiger partial charge in [-0.05, 0) is 24.3 Å². The maximum Gasteiger partial charge on any atom is 0.274 e. The molecule has 5 rings (SSSR count). The van der Waals surface area contributed by atoms with E-state index < -0.39 is 0 Å². The average molecular weight is 401 g/mol. The number of thiazole rings is 1. The summed E-state index contributed by atoms with van der Waals surface area (Å²) in [5.41, 5.74) is 3.03. The van der Waals surface area contributed by atoms with Crippen molar-refractivity contribution < 1.29 is 4.79 Å². The third-order valence-corrected chi connectivity index (χ3v) is 6.13.